The van der Waals surface area contributed by atoms with Crippen LogP contribution in [0.5, 0.6) is 0 Å². The summed E-state index contributed by atoms with van der Waals surface area (Å²) >= 11 is 0. The summed E-state index contributed by atoms with van der Waals surface area (Å²) in [6.45, 7) is 12.2. The molecule has 0 rings (SSSR count). The second-order valence-corrected chi connectivity index (χ2v) is 11.4. The highest BCUT2D eigenvalue weighted by Gasteiger charge is 2.19. The minimum absolute atomic E-state index is 0.467. The smallest absolute Gasteiger partial charge is 0.0808 e. The third-order valence-electron chi connectivity index (χ3n) is 1.88. The zero-order chi connectivity index (χ0) is 9.83. The summed E-state index contributed by atoms with van der Waals surface area (Å²) in [7, 11) is -0.457. The Hall–Kier alpha value is 0.134. The van der Waals surface area contributed by atoms with Crippen molar-refractivity contribution in [1.82, 2.24) is 0 Å². The van der Waals surface area contributed by atoms with Gasteiger partial charge in [-0.2, -0.15) is 0 Å². The molecular weight excluding hydrogens is 180 g/mol. The quantitative estimate of drug-likeness (QED) is 0.675. The Morgan fingerprint density at radius 2 is 2.00 bits per heavy atom. The Balaban J connectivity index is 3.64. The first-order valence-corrected chi connectivity index (χ1v) is 8.87. The highest BCUT2D eigenvalue weighted by molar-refractivity contribution is 6.82. The molecule has 0 aliphatic carbocycles. The molecule has 2 radical (unpaired) electrons. The van der Waals surface area contributed by atoms with Crippen LogP contribution in [0.3, 0.4) is 0 Å². The van der Waals surface area contributed by atoms with E-state index in [1.165, 1.54) is 6.04 Å². The molecule has 0 atom stereocenters. The van der Waals surface area contributed by atoms with Gasteiger partial charge in [0.05, 0.1) is 17.6 Å². The molecule has 70 valence electrons. The van der Waals surface area contributed by atoms with Crippen molar-refractivity contribution in [2.45, 2.75) is 44.3 Å². The zero-order valence-corrected chi connectivity index (χ0v) is 10.6. The molecule has 1 nitrogen and oxygen atoms in total. The lowest BCUT2D eigenvalue weighted by atomic mass is 10.5. The summed E-state index contributed by atoms with van der Waals surface area (Å²) in [6, 6.07) is 2.40. The van der Waals surface area contributed by atoms with Crippen molar-refractivity contribution in [1.29, 1.82) is 0 Å². The molecule has 0 aromatic carbocycles. The number of hydrogen-bond acceptors (Lipinski definition) is 1. The predicted octanol–water partition coefficient (Wildman–Crippen LogP) is 2.27. The van der Waals surface area contributed by atoms with Gasteiger partial charge < -0.3 is 5.11 Å². The van der Waals surface area contributed by atoms with Crippen LogP contribution in [0.25, 0.3) is 0 Å². The molecule has 0 aromatic rings. The first-order chi connectivity index (χ1) is 5.27. The molecule has 12 heavy (non-hydrogen) atoms. The fourth-order valence-electron chi connectivity index (χ4n) is 0.793. The van der Waals surface area contributed by atoms with Crippen LogP contribution in [-0.4, -0.2) is 27.9 Å². The van der Waals surface area contributed by atoms with Crippen molar-refractivity contribution in [2.24, 2.45) is 0 Å². The van der Waals surface area contributed by atoms with Gasteiger partial charge in [0.2, 0.25) is 0 Å². The molecule has 0 spiro atoms. The zero-order valence-electron chi connectivity index (χ0n) is 8.65. The van der Waals surface area contributed by atoms with Crippen LogP contribution in [0, 0.1) is 0 Å². The molecule has 0 saturated carbocycles. The van der Waals surface area contributed by atoms with Crippen LogP contribution in [-0.2, 0) is 0 Å². The van der Waals surface area contributed by atoms with Gasteiger partial charge in [-0.15, -0.1) is 12.3 Å². The third-order valence-corrected chi connectivity index (χ3v) is 6.39. The highest BCUT2D eigenvalue weighted by atomic mass is 28.3. The first-order valence-electron chi connectivity index (χ1n) is 4.38. The summed E-state index contributed by atoms with van der Waals surface area (Å²) < 4.78 is 0. The van der Waals surface area contributed by atoms with Gasteiger partial charge in [0.1, 0.15) is 0 Å². The van der Waals surface area contributed by atoms with E-state index in [2.05, 4.69) is 25.4 Å². The van der Waals surface area contributed by atoms with E-state index in [1.54, 1.807) is 0 Å². The number of rotatable bonds is 5. The highest BCUT2D eigenvalue weighted by Crippen LogP contribution is 2.14. The monoisotopic (exact) mass is 200 g/mol. The standard InChI is InChI=1S/C9H20OSi2/c1-6-12(4,5)8-7-11-9(2,3)10/h6,10H,1,7-8H2,2-5H3. The van der Waals surface area contributed by atoms with Crippen molar-refractivity contribution < 1.29 is 5.11 Å². The van der Waals surface area contributed by atoms with E-state index in [0.717, 1.165) is 6.04 Å². The largest absolute Gasteiger partial charge is 0.395 e. The Labute approximate surface area is 79.7 Å². The van der Waals surface area contributed by atoms with E-state index in [9.17, 15) is 5.11 Å². The van der Waals surface area contributed by atoms with Crippen molar-refractivity contribution in [3.63, 3.8) is 0 Å². The summed E-state index contributed by atoms with van der Waals surface area (Å²) in [5.74, 6) is 0. The molecule has 0 saturated heterocycles. The van der Waals surface area contributed by atoms with Gasteiger partial charge in [-0.25, -0.2) is 0 Å². The molecule has 0 aromatic heterocycles. The Kier molecular flexibility index (Phi) is 4.44. The first kappa shape index (κ1) is 12.1. The maximum absolute atomic E-state index is 9.49. The van der Waals surface area contributed by atoms with E-state index in [0.29, 0.717) is 9.52 Å². The van der Waals surface area contributed by atoms with Gasteiger partial charge in [0.15, 0.2) is 0 Å². The van der Waals surface area contributed by atoms with Crippen LogP contribution in [0.4, 0.5) is 0 Å². The lowest BCUT2D eigenvalue weighted by Crippen LogP contribution is -2.30. The summed E-state index contributed by atoms with van der Waals surface area (Å²) in [5.41, 5.74) is 2.13. The van der Waals surface area contributed by atoms with Gasteiger partial charge in [-0.05, 0) is 13.8 Å². The van der Waals surface area contributed by atoms with E-state index < -0.39 is 13.3 Å². The lowest BCUT2D eigenvalue weighted by molar-refractivity contribution is 0.165. The van der Waals surface area contributed by atoms with Gasteiger partial charge in [0.25, 0.3) is 0 Å². The molecule has 3 heteroatoms. The summed E-state index contributed by atoms with van der Waals surface area (Å²) in [6.07, 6.45) is 0. The molecule has 0 fully saturated rings. The van der Waals surface area contributed by atoms with Crippen LogP contribution in [0.1, 0.15) is 13.8 Å². The SMILES string of the molecule is C=C[Si](C)(C)CC[Si]C(C)(C)O. The van der Waals surface area contributed by atoms with E-state index in [4.69, 9.17) is 0 Å². The van der Waals surface area contributed by atoms with Crippen LogP contribution >= 0.6 is 0 Å². The third kappa shape index (κ3) is 6.82. The normalized spacial score (nSPS) is 13.1. The van der Waals surface area contributed by atoms with Crippen LogP contribution in [0.15, 0.2) is 12.3 Å². The predicted molar refractivity (Wildman–Crippen MR) is 59.3 cm³/mol. The topological polar surface area (TPSA) is 20.2 Å². The van der Waals surface area contributed by atoms with Crippen LogP contribution in [0.2, 0.25) is 25.2 Å². The van der Waals surface area contributed by atoms with Crippen molar-refractivity contribution in [3.8, 4) is 0 Å². The average Bonchev–Trinajstić information content (AvgIpc) is 1.84. The van der Waals surface area contributed by atoms with Crippen LogP contribution < -0.4 is 0 Å². The molecule has 0 heterocycles. The minimum Gasteiger partial charge on any atom is -0.395 e. The van der Waals surface area contributed by atoms with E-state index in [1.807, 2.05) is 13.8 Å². The molecule has 0 amide bonds. The van der Waals surface area contributed by atoms with Crippen molar-refractivity contribution in [2.75, 3.05) is 0 Å². The summed E-state index contributed by atoms with van der Waals surface area (Å²) in [4.78, 5) is 0. The Morgan fingerprint density at radius 3 is 2.33 bits per heavy atom. The maximum Gasteiger partial charge on any atom is 0.0808 e. The average molecular weight is 200 g/mol. The molecule has 0 bridgehead atoms. The fraction of sp³-hybridized carbons (Fsp3) is 0.778. The molecule has 0 unspecified atom stereocenters. The van der Waals surface area contributed by atoms with E-state index >= 15 is 0 Å². The number of aliphatic hydroxyl groups is 1. The molecular formula is C9H20OSi2. The fourth-order valence-corrected chi connectivity index (χ4v) is 4.69. The molecule has 1 N–H and O–H groups in total. The van der Waals surface area contributed by atoms with Crippen molar-refractivity contribution >= 4 is 17.6 Å². The van der Waals surface area contributed by atoms with E-state index in [-0.39, 0.29) is 0 Å². The van der Waals surface area contributed by atoms with Crippen molar-refractivity contribution in [3.05, 3.63) is 12.3 Å². The Morgan fingerprint density at radius 1 is 1.50 bits per heavy atom. The van der Waals surface area contributed by atoms with Gasteiger partial charge in [-0.1, -0.05) is 25.2 Å². The second-order valence-electron chi connectivity index (χ2n) is 4.43. The van der Waals surface area contributed by atoms with Gasteiger partial charge in [0, 0.05) is 5.22 Å². The summed E-state index contributed by atoms with van der Waals surface area (Å²) in [5, 5.41) is 9.02. The lowest BCUT2D eigenvalue weighted by Gasteiger charge is -2.20. The maximum atomic E-state index is 9.49. The van der Waals surface area contributed by atoms with Gasteiger partial charge in [-0.3, -0.25) is 0 Å². The second kappa shape index (κ2) is 4.39. The number of hydrogen-bond donors (Lipinski definition) is 1. The molecule has 0 aliphatic heterocycles. The van der Waals surface area contributed by atoms with Gasteiger partial charge >= 0.3 is 0 Å². The minimum atomic E-state index is -1.12. The Bertz CT molecular complexity index is 147. The molecule has 0 aliphatic rings.